The number of aryl methyl sites for hydroxylation is 1. The van der Waals surface area contributed by atoms with Crippen molar-refractivity contribution in [3.63, 3.8) is 0 Å². The monoisotopic (exact) mass is 302 g/mol. The van der Waals surface area contributed by atoms with E-state index in [0.717, 1.165) is 18.7 Å². The molecule has 22 heavy (non-hydrogen) atoms. The minimum atomic E-state index is 0.515. The van der Waals surface area contributed by atoms with Gasteiger partial charge in [0.25, 0.3) is 0 Å². The molecule has 1 aliphatic heterocycles. The molecule has 0 radical (unpaired) electrons. The smallest absolute Gasteiger partial charge is 0.193 e. The van der Waals surface area contributed by atoms with Crippen LogP contribution in [0, 0.1) is 6.92 Å². The average Bonchev–Trinajstić information content (AvgIpc) is 2.52. The molecule has 1 fully saturated rings. The highest BCUT2D eigenvalue weighted by Crippen LogP contribution is 2.10. The number of piperidine rings is 1. The number of likely N-dealkylation sites (tertiary alicyclic amines) is 1. The second-order valence-electron chi connectivity index (χ2n) is 6.22. The summed E-state index contributed by atoms with van der Waals surface area (Å²) in [6.07, 6.45) is 7.80. The van der Waals surface area contributed by atoms with Gasteiger partial charge in [-0.05, 0) is 69.9 Å². The Kier molecular flexibility index (Phi) is 7.23. The summed E-state index contributed by atoms with van der Waals surface area (Å²) in [5, 5.41) is 3.14. The summed E-state index contributed by atoms with van der Waals surface area (Å²) < 4.78 is 0. The molecule has 1 heterocycles. The first-order valence-electron chi connectivity index (χ1n) is 8.60. The van der Waals surface area contributed by atoms with Crippen molar-refractivity contribution in [1.29, 1.82) is 0 Å². The van der Waals surface area contributed by atoms with Crippen LogP contribution in [0.2, 0.25) is 0 Å². The molecular weight excluding hydrogens is 272 g/mol. The molecule has 122 valence electrons. The van der Waals surface area contributed by atoms with Crippen molar-refractivity contribution in [1.82, 2.24) is 4.90 Å². The number of unbranched alkanes of at least 4 members (excludes halogenated alkanes) is 2. The molecular formula is C18H30N4. The summed E-state index contributed by atoms with van der Waals surface area (Å²) in [5.74, 6) is 0.515. The van der Waals surface area contributed by atoms with Crippen LogP contribution in [0.4, 0.5) is 5.69 Å². The van der Waals surface area contributed by atoms with Crippen LogP contribution in [0.25, 0.3) is 0 Å². The Bertz CT molecular complexity index is 464. The van der Waals surface area contributed by atoms with Crippen molar-refractivity contribution in [3.8, 4) is 0 Å². The third-order valence-corrected chi connectivity index (χ3v) is 4.15. The number of hydrogen-bond donors (Lipinski definition) is 2. The van der Waals surface area contributed by atoms with E-state index in [0.29, 0.717) is 5.96 Å². The van der Waals surface area contributed by atoms with E-state index in [1.165, 1.54) is 57.3 Å². The van der Waals surface area contributed by atoms with Gasteiger partial charge in [0.05, 0.1) is 0 Å². The van der Waals surface area contributed by atoms with E-state index in [2.05, 4.69) is 34.3 Å². The summed E-state index contributed by atoms with van der Waals surface area (Å²) in [4.78, 5) is 7.00. The molecule has 4 heteroatoms. The van der Waals surface area contributed by atoms with Crippen molar-refractivity contribution in [3.05, 3.63) is 29.8 Å². The van der Waals surface area contributed by atoms with Crippen molar-refractivity contribution in [2.24, 2.45) is 10.7 Å². The largest absolute Gasteiger partial charge is 0.370 e. The fraction of sp³-hybridized carbons (Fsp3) is 0.611. The van der Waals surface area contributed by atoms with Gasteiger partial charge in [0.1, 0.15) is 0 Å². The molecule has 0 bridgehead atoms. The number of guanidine groups is 1. The quantitative estimate of drug-likeness (QED) is 0.461. The van der Waals surface area contributed by atoms with E-state index in [1.54, 1.807) is 0 Å². The molecule has 3 N–H and O–H groups in total. The lowest BCUT2D eigenvalue weighted by atomic mass is 10.1. The maximum atomic E-state index is 5.92. The maximum Gasteiger partial charge on any atom is 0.193 e. The van der Waals surface area contributed by atoms with Gasteiger partial charge in [-0.15, -0.1) is 0 Å². The average molecular weight is 302 g/mol. The fourth-order valence-corrected chi connectivity index (χ4v) is 2.92. The standard InChI is InChI=1S/C18H30N4/c1-16-9-8-10-17(15-16)21-18(19)20-11-4-2-5-12-22-13-6-3-7-14-22/h8-10,15H,2-7,11-14H2,1H3,(H3,19,20,21). The Morgan fingerprint density at radius 1 is 1.18 bits per heavy atom. The van der Waals surface area contributed by atoms with Crippen LogP contribution in [-0.4, -0.2) is 37.0 Å². The number of nitrogens with two attached hydrogens (primary N) is 1. The van der Waals surface area contributed by atoms with Gasteiger partial charge in [0.2, 0.25) is 0 Å². The van der Waals surface area contributed by atoms with Crippen molar-refractivity contribution >= 4 is 11.6 Å². The first-order valence-corrected chi connectivity index (χ1v) is 8.60. The van der Waals surface area contributed by atoms with Gasteiger partial charge in [-0.1, -0.05) is 25.0 Å². The number of anilines is 1. The number of nitrogens with one attached hydrogen (secondary N) is 1. The molecule has 4 nitrogen and oxygen atoms in total. The molecule has 0 saturated carbocycles. The van der Waals surface area contributed by atoms with E-state index in [9.17, 15) is 0 Å². The van der Waals surface area contributed by atoms with Crippen molar-refractivity contribution in [2.45, 2.75) is 45.4 Å². The van der Waals surface area contributed by atoms with E-state index < -0.39 is 0 Å². The van der Waals surface area contributed by atoms with Crippen LogP contribution < -0.4 is 11.1 Å². The predicted molar refractivity (Wildman–Crippen MR) is 95.4 cm³/mol. The minimum Gasteiger partial charge on any atom is -0.370 e. The van der Waals surface area contributed by atoms with Gasteiger partial charge in [-0.2, -0.15) is 0 Å². The molecule has 1 aromatic carbocycles. The van der Waals surface area contributed by atoms with Gasteiger partial charge >= 0.3 is 0 Å². The number of benzene rings is 1. The lowest BCUT2D eigenvalue weighted by Gasteiger charge is -2.26. The lowest BCUT2D eigenvalue weighted by molar-refractivity contribution is 0.224. The molecule has 0 aliphatic carbocycles. The Balaban J connectivity index is 1.56. The van der Waals surface area contributed by atoms with E-state index in [4.69, 9.17) is 5.73 Å². The molecule has 0 amide bonds. The number of nitrogens with zero attached hydrogens (tertiary/aromatic N) is 2. The second-order valence-corrected chi connectivity index (χ2v) is 6.22. The maximum absolute atomic E-state index is 5.92. The van der Waals surface area contributed by atoms with Crippen LogP contribution in [-0.2, 0) is 0 Å². The zero-order valence-electron chi connectivity index (χ0n) is 13.9. The Hall–Kier alpha value is -1.55. The third kappa shape index (κ3) is 6.48. The molecule has 2 rings (SSSR count). The Morgan fingerprint density at radius 3 is 2.77 bits per heavy atom. The molecule has 1 saturated heterocycles. The molecule has 0 spiro atoms. The number of hydrogen-bond acceptors (Lipinski definition) is 2. The summed E-state index contributed by atoms with van der Waals surface area (Å²) in [6, 6.07) is 8.17. The SMILES string of the molecule is Cc1cccc(NC(N)=NCCCCCN2CCCCC2)c1. The van der Waals surface area contributed by atoms with Gasteiger partial charge in [0, 0.05) is 12.2 Å². The molecule has 0 atom stereocenters. The van der Waals surface area contributed by atoms with Crippen LogP contribution >= 0.6 is 0 Å². The molecule has 0 aromatic heterocycles. The zero-order chi connectivity index (χ0) is 15.6. The third-order valence-electron chi connectivity index (χ3n) is 4.15. The number of rotatable bonds is 7. The topological polar surface area (TPSA) is 53.6 Å². The Morgan fingerprint density at radius 2 is 2.00 bits per heavy atom. The first-order chi connectivity index (χ1) is 10.7. The van der Waals surface area contributed by atoms with Gasteiger partial charge in [-0.3, -0.25) is 4.99 Å². The molecule has 1 aliphatic rings. The summed E-state index contributed by atoms with van der Waals surface area (Å²) >= 11 is 0. The first kappa shape index (κ1) is 16.8. The van der Waals surface area contributed by atoms with Crippen LogP contribution in [0.15, 0.2) is 29.3 Å². The lowest BCUT2D eigenvalue weighted by Crippen LogP contribution is -2.30. The highest BCUT2D eigenvalue weighted by atomic mass is 15.1. The summed E-state index contributed by atoms with van der Waals surface area (Å²) in [5.41, 5.74) is 8.14. The van der Waals surface area contributed by atoms with Crippen LogP contribution in [0.1, 0.15) is 44.1 Å². The highest BCUT2D eigenvalue weighted by molar-refractivity contribution is 5.92. The van der Waals surface area contributed by atoms with Crippen molar-refractivity contribution in [2.75, 3.05) is 31.5 Å². The van der Waals surface area contributed by atoms with Crippen LogP contribution in [0.5, 0.6) is 0 Å². The molecule has 1 aromatic rings. The van der Waals surface area contributed by atoms with Crippen LogP contribution in [0.3, 0.4) is 0 Å². The predicted octanol–water partition coefficient (Wildman–Crippen LogP) is 3.38. The van der Waals surface area contributed by atoms with E-state index >= 15 is 0 Å². The second kappa shape index (κ2) is 9.46. The zero-order valence-corrected chi connectivity index (χ0v) is 13.9. The fourth-order valence-electron chi connectivity index (χ4n) is 2.92. The Labute approximate surface area is 134 Å². The van der Waals surface area contributed by atoms with Gasteiger partial charge in [0.15, 0.2) is 5.96 Å². The summed E-state index contributed by atoms with van der Waals surface area (Å²) in [7, 11) is 0. The van der Waals surface area contributed by atoms with E-state index in [1.807, 2.05) is 12.1 Å². The number of aliphatic imine (C=N–C) groups is 1. The van der Waals surface area contributed by atoms with E-state index in [-0.39, 0.29) is 0 Å². The van der Waals surface area contributed by atoms with Gasteiger partial charge < -0.3 is 16.0 Å². The highest BCUT2D eigenvalue weighted by Gasteiger charge is 2.08. The minimum absolute atomic E-state index is 0.515. The summed E-state index contributed by atoms with van der Waals surface area (Å²) in [6.45, 7) is 6.73. The van der Waals surface area contributed by atoms with Gasteiger partial charge in [-0.25, -0.2) is 0 Å². The van der Waals surface area contributed by atoms with Crippen molar-refractivity contribution < 1.29 is 0 Å². The molecule has 0 unspecified atom stereocenters. The normalized spacial score (nSPS) is 16.7.